The summed E-state index contributed by atoms with van der Waals surface area (Å²) in [5.74, 6) is -0.486. The minimum Gasteiger partial charge on any atom is -0.294 e. The van der Waals surface area contributed by atoms with E-state index in [1.807, 2.05) is 0 Å². The van der Waals surface area contributed by atoms with Crippen molar-refractivity contribution in [2.45, 2.75) is 6.42 Å². The molecule has 0 aliphatic heterocycles. The molecule has 0 heterocycles. The number of Topliss-reactive ketones (excluding diaryl/α,β-unsaturated/α-hetero) is 1. The largest absolute Gasteiger partial charge is 0.294 e. The van der Waals surface area contributed by atoms with Crippen LogP contribution in [-0.4, -0.2) is 5.78 Å². The smallest absolute Gasteiger partial charge is 0.167 e. The Morgan fingerprint density at radius 3 is 2.63 bits per heavy atom. The third-order valence-electron chi connectivity index (χ3n) is 2.62. The lowest BCUT2D eigenvalue weighted by Crippen LogP contribution is -2.04. The molecule has 0 unspecified atom stereocenters. The Morgan fingerprint density at radius 1 is 1.21 bits per heavy atom. The second-order valence-electron chi connectivity index (χ2n) is 3.94. The first-order valence-electron chi connectivity index (χ1n) is 5.40. The second kappa shape index (κ2) is 6.16. The maximum atomic E-state index is 13.4. The van der Waals surface area contributed by atoms with Gasteiger partial charge in [-0.3, -0.25) is 4.79 Å². The highest BCUT2D eigenvalue weighted by molar-refractivity contribution is 9.10. The third-order valence-corrected chi connectivity index (χ3v) is 4.74. The normalized spacial score (nSPS) is 10.5. The summed E-state index contributed by atoms with van der Waals surface area (Å²) >= 11 is 12.4. The molecular weight excluding hydrogens is 398 g/mol. The van der Waals surface area contributed by atoms with Crippen molar-refractivity contribution in [3.05, 3.63) is 67.3 Å². The highest BCUT2D eigenvalue weighted by Crippen LogP contribution is 2.25. The molecule has 0 aromatic heterocycles. The van der Waals surface area contributed by atoms with Gasteiger partial charge in [0, 0.05) is 16.5 Å². The predicted molar refractivity (Wildman–Crippen MR) is 81.3 cm³/mol. The first kappa shape index (κ1) is 14.7. The Kier molecular flexibility index (Phi) is 4.76. The molecular formula is C14H8Br2ClFO. The SMILES string of the molecule is O=C(Cc1cccc(F)c1Br)c1ccc(Br)c(Cl)c1. The van der Waals surface area contributed by atoms with Gasteiger partial charge in [-0.25, -0.2) is 4.39 Å². The quantitative estimate of drug-likeness (QED) is 0.621. The zero-order valence-corrected chi connectivity index (χ0v) is 13.5. The molecule has 0 N–H and O–H groups in total. The fourth-order valence-electron chi connectivity index (χ4n) is 1.63. The van der Waals surface area contributed by atoms with E-state index >= 15 is 0 Å². The first-order chi connectivity index (χ1) is 8.99. The highest BCUT2D eigenvalue weighted by Gasteiger charge is 2.12. The zero-order chi connectivity index (χ0) is 14.0. The maximum absolute atomic E-state index is 13.4. The van der Waals surface area contributed by atoms with E-state index in [2.05, 4.69) is 31.9 Å². The molecule has 19 heavy (non-hydrogen) atoms. The summed E-state index contributed by atoms with van der Waals surface area (Å²) in [5.41, 5.74) is 1.12. The van der Waals surface area contributed by atoms with Gasteiger partial charge in [0.1, 0.15) is 5.82 Å². The maximum Gasteiger partial charge on any atom is 0.167 e. The number of rotatable bonds is 3. The van der Waals surface area contributed by atoms with E-state index in [1.54, 1.807) is 30.3 Å². The van der Waals surface area contributed by atoms with Crippen LogP contribution in [0.2, 0.25) is 5.02 Å². The van der Waals surface area contributed by atoms with E-state index in [9.17, 15) is 9.18 Å². The third kappa shape index (κ3) is 3.44. The molecule has 98 valence electrons. The van der Waals surface area contributed by atoms with Gasteiger partial charge in [-0.2, -0.15) is 0 Å². The van der Waals surface area contributed by atoms with Crippen molar-refractivity contribution < 1.29 is 9.18 Å². The summed E-state index contributed by atoms with van der Waals surface area (Å²) in [5, 5.41) is 0.476. The molecule has 0 bridgehead atoms. The van der Waals surface area contributed by atoms with Crippen molar-refractivity contribution >= 4 is 49.2 Å². The van der Waals surface area contributed by atoms with Crippen LogP contribution in [0, 0.1) is 5.82 Å². The predicted octanol–water partition coefficient (Wildman–Crippen LogP) is 5.43. The summed E-state index contributed by atoms with van der Waals surface area (Å²) < 4.78 is 14.4. The Morgan fingerprint density at radius 2 is 1.95 bits per heavy atom. The summed E-state index contributed by atoms with van der Waals surface area (Å²) in [4.78, 5) is 12.1. The molecule has 2 rings (SSSR count). The molecule has 0 atom stereocenters. The molecule has 0 spiro atoms. The fraction of sp³-hybridized carbons (Fsp3) is 0.0714. The standard InChI is InChI=1S/C14H8Br2ClFO/c15-10-5-4-8(6-11(10)17)13(19)7-9-2-1-3-12(18)14(9)16/h1-6H,7H2. The van der Waals surface area contributed by atoms with Crippen molar-refractivity contribution in [1.82, 2.24) is 0 Å². The van der Waals surface area contributed by atoms with E-state index in [-0.39, 0.29) is 18.0 Å². The van der Waals surface area contributed by atoms with Crippen LogP contribution < -0.4 is 0 Å². The first-order valence-corrected chi connectivity index (χ1v) is 7.36. The lowest BCUT2D eigenvalue weighted by atomic mass is 10.0. The fourth-order valence-corrected chi connectivity index (χ4v) is 2.46. The summed E-state index contributed by atoms with van der Waals surface area (Å²) in [6, 6.07) is 9.64. The van der Waals surface area contributed by atoms with Gasteiger partial charge in [-0.05, 0) is 55.6 Å². The average Bonchev–Trinajstić information content (AvgIpc) is 2.38. The number of hydrogen-bond acceptors (Lipinski definition) is 1. The molecule has 0 aliphatic rings. The van der Waals surface area contributed by atoms with E-state index in [0.717, 1.165) is 4.47 Å². The van der Waals surface area contributed by atoms with Gasteiger partial charge in [-0.1, -0.05) is 29.8 Å². The van der Waals surface area contributed by atoms with Crippen molar-refractivity contribution in [2.24, 2.45) is 0 Å². The van der Waals surface area contributed by atoms with E-state index in [4.69, 9.17) is 11.6 Å². The number of hydrogen-bond donors (Lipinski definition) is 0. The van der Waals surface area contributed by atoms with Gasteiger partial charge < -0.3 is 0 Å². The van der Waals surface area contributed by atoms with Crippen molar-refractivity contribution in [1.29, 1.82) is 0 Å². The minimum absolute atomic E-state index is 0.110. The molecule has 5 heteroatoms. The Bertz CT molecular complexity index is 643. The molecule has 0 fully saturated rings. The van der Waals surface area contributed by atoms with Crippen molar-refractivity contribution in [3.63, 3.8) is 0 Å². The van der Waals surface area contributed by atoms with Crippen LogP contribution in [0.25, 0.3) is 0 Å². The Hall–Kier alpha value is -0.710. The topological polar surface area (TPSA) is 17.1 Å². The van der Waals surface area contributed by atoms with Crippen LogP contribution in [0.4, 0.5) is 4.39 Å². The number of benzene rings is 2. The van der Waals surface area contributed by atoms with Gasteiger partial charge in [0.2, 0.25) is 0 Å². The van der Waals surface area contributed by atoms with E-state index in [0.29, 0.717) is 20.6 Å². The monoisotopic (exact) mass is 404 g/mol. The minimum atomic E-state index is -0.376. The van der Waals surface area contributed by atoms with Gasteiger partial charge >= 0.3 is 0 Å². The second-order valence-corrected chi connectivity index (χ2v) is 6.00. The van der Waals surface area contributed by atoms with Gasteiger partial charge in [0.25, 0.3) is 0 Å². The zero-order valence-electron chi connectivity index (χ0n) is 9.59. The molecule has 1 nitrogen and oxygen atoms in total. The Labute approximate surface area is 132 Å². The van der Waals surface area contributed by atoms with Crippen LogP contribution in [0.5, 0.6) is 0 Å². The van der Waals surface area contributed by atoms with Crippen LogP contribution in [0.1, 0.15) is 15.9 Å². The summed E-state index contributed by atoms with van der Waals surface area (Å²) in [7, 11) is 0. The Balaban J connectivity index is 2.26. The molecule has 0 amide bonds. The van der Waals surface area contributed by atoms with Crippen LogP contribution in [0.3, 0.4) is 0 Å². The van der Waals surface area contributed by atoms with Crippen LogP contribution in [0.15, 0.2) is 45.3 Å². The van der Waals surface area contributed by atoms with E-state index in [1.165, 1.54) is 6.07 Å². The van der Waals surface area contributed by atoms with Crippen molar-refractivity contribution in [2.75, 3.05) is 0 Å². The molecule has 2 aromatic rings. The highest BCUT2D eigenvalue weighted by atomic mass is 79.9. The lowest BCUT2D eigenvalue weighted by molar-refractivity contribution is 0.0992. The molecule has 0 aliphatic carbocycles. The number of ketones is 1. The summed E-state index contributed by atoms with van der Waals surface area (Å²) in [6.45, 7) is 0. The molecule has 0 saturated carbocycles. The van der Waals surface area contributed by atoms with Crippen LogP contribution >= 0.6 is 43.5 Å². The molecule has 0 saturated heterocycles. The average molecular weight is 406 g/mol. The lowest BCUT2D eigenvalue weighted by Gasteiger charge is -2.06. The van der Waals surface area contributed by atoms with Gasteiger partial charge in [0.05, 0.1) is 9.50 Å². The molecule has 0 radical (unpaired) electrons. The number of carbonyl (C=O) groups excluding carboxylic acids is 1. The van der Waals surface area contributed by atoms with Gasteiger partial charge in [0.15, 0.2) is 5.78 Å². The number of halogens is 4. The molecule has 2 aromatic carbocycles. The van der Waals surface area contributed by atoms with Crippen LogP contribution in [-0.2, 0) is 6.42 Å². The van der Waals surface area contributed by atoms with Gasteiger partial charge in [-0.15, -0.1) is 0 Å². The van der Waals surface area contributed by atoms with E-state index < -0.39 is 0 Å². The number of carbonyl (C=O) groups is 1. The van der Waals surface area contributed by atoms with Crippen molar-refractivity contribution in [3.8, 4) is 0 Å². The summed E-state index contributed by atoms with van der Waals surface area (Å²) in [6.07, 6.45) is 0.121.